The molecule has 1 aromatic rings. The van der Waals surface area contributed by atoms with E-state index in [2.05, 4.69) is 5.32 Å². The van der Waals surface area contributed by atoms with Gasteiger partial charge >= 0.3 is 0 Å². The van der Waals surface area contributed by atoms with Gasteiger partial charge in [0, 0.05) is 26.3 Å². The summed E-state index contributed by atoms with van der Waals surface area (Å²) >= 11 is 0. The van der Waals surface area contributed by atoms with Crippen molar-refractivity contribution in [3.8, 4) is 5.75 Å². The van der Waals surface area contributed by atoms with Crippen LogP contribution in [-0.4, -0.2) is 56.7 Å². The summed E-state index contributed by atoms with van der Waals surface area (Å²) in [7, 11) is 4.83. The van der Waals surface area contributed by atoms with E-state index in [0.29, 0.717) is 18.9 Å². The number of rotatable bonds is 7. The van der Waals surface area contributed by atoms with Crippen LogP contribution in [0.15, 0.2) is 18.2 Å². The maximum absolute atomic E-state index is 13.0. The van der Waals surface area contributed by atoms with Crippen molar-refractivity contribution in [3.63, 3.8) is 0 Å². The van der Waals surface area contributed by atoms with E-state index in [-0.39, 0.29) is 24.7 Å². The second kappa shape index (κ2) is 8.34. The number of nitrogens with zero attached hydrogens (tertiary/aromatic N) is 1. The summed E-state index contributed by atoms with van der Waals surface area (Å²) < 4.78 is 10.8. The Morgan fingerprint density at radius 3 is 2.72 bits per heavy atom. The van der Waals surface area contributed by atoms with E-state index in [1.54, 1.807) is 21.3 Å². The van der Waals surface area contributed by atoms with Gasteiger partial charge in [-0.1, -0.05) is 17.7 Å². The molecule has 0 radical (unpaired) electrons. The van der Waals surface area contributed by atoms with Crippen molar-refractivity contribution < 1.29 is 19.1 Å². The lowest BCUT2D eigenvalue weighted by atomic mass is 9.91. The van der Waals surface area contributed by atoms with Crippen molar-refractivity contribution in [3.05, 3.63) is 29.3 Å². The van der Waals surface area contributed by atoms with E-state index in [9.17, 15) is 9.59 Å². The SMILES string of the molecule is CNC(=O)CC1(COC)CCCN1C(=O)Cc1cc(C)ccc1OC. The van der Waals surface area contributed by atoms with Gasteiger partial charge in [-0.05, 0) is 25.8 Å². The standard InChI is InChI=1S/C19H28N2O4/c1-14-6-7-16(25-4)15(10-14)11-18(23)21-9-5-8-19(21,13-24-3)12-17(22)20-2/h6-7,10H,5,8-9,11-13H2,1-4H3,(H,20,22). The van der Waals surface area contributed by atoms with Gasteiger partial charge in [-0.25, -0.2) is 0 Å². The summed E-state index contributed by atoms with van der Waals surface area (Å²) in [6.07, 6.45) is 2.15. The van der Waals surface area contributed by atoms with Crippen LogP contribution in [0.4, 0.5) is 0 Å². The predicted octanol–water partition coefficient (Wildman–Crippen LogP) is 1.69. The Balaban J connectivity index is 2.24. The highest BCUT2D eigenvalue weighted by molar-refractivity contribution is 5.83. The van der Waals surface area contributed by atoms with Gasteiger partial charge in [0.25, 0.3) is 0 Å². The van der Waals surface area contributed by atoms with Crippen molar-refractivity contribution in [1.82, 2.24) is 10.2 Å². The summed E-state index contributed by atoms with van der Waals surface area (Å²) in [6, 6.07) is 5.82. The molecule has 1 N–H and O–H groups in total. The summed E-state index contributed by atoms with van der Waals surface area (Å²) in [5, 5.41) is 2.66. The third-order valence-corrected chi connectivity index (χ3v) is 4.86. The third kappa shape index (κ3) is 4.31. The summed E-state index contributed by atoms with van der Waals surface area (Å²) in [4.78, 5) is 26.9. The number of carbonyl (C=O) groups excluding carboxylic acids is 2. The first-order valence-corrected chi connectivity index (χ1v) is 8.59. The van der Waals surface area contributed by atoms with E-state index in [0.717, 1.165) is 24.0 Å². The van der Waals surface area contributed by atoms with E-state index >= 15 is 0 Å². The number of amides is 2. The molecule has 1 aromatic carbocycles. The summed E-state index contributed by atoms with van der Waals surface area (Å²) in [6.45, 7) is 2.99. The predicted molar refractivity (Wildman–Crippen MR) is 95.7 cm³/mol. The molecule has 0 spiro atoms. The van der Waals surface area contributed by atoms with Gasteiger partial charge in [-0.3, -0.25) is 9.59 Å². The molecule has 6 nitrogen and oxygen atoms in total. The normalized spacial score (nSPS) is 19.8. The van der Waals surface area contributed by atoms with Crippen molar-refractivity contribution >= 4 is 11.8 Å². The van der Waals surface area contributed by atoms with Crippen LogP contribution >= 0.6 is 0 Å². The molecule has 0 bridgehead atoms. The molecule has 6 heteroatoms. The maximum atomic E-state index is 13.0. The number of likely N-dealkylation sites (tertiary alicyclic amines) is 1. The Kier molecular flexibility index (Phi) is 6.42. The molecular formula is C19H28N2O4. The quantitative estimate of drug-likeness (QED) is 0.814. The van der Waals surface area contributed by atoms with Gasteiger partial charge in [-0.2, -0.15) is 0 Å². The first kappa shape index (κ1) is 19.2. The third-order valence-electron chi connectivity index (χ3n) is 4.86. The van der Waals surface area contributed by atoms with E-state index < -0.39 is 5.54 Å². The zero-order chi connectivity index (χ0) is 18.4. The Bertz CT molecular complexity index is 632. The lowest BCUT2D eigenvalue weighted by Crippen LogP contribution is -2.53. The first-order chi connectivity index (χ1) is 12.0. The lowest BCUT2D eigenvalue weighted by molar-refractivity contribution is -0.139. The zero-order valence-electron chi connectivity index (χ0n) is 15.6. The Morgan fingerprint density at radius 1 is 1.32 bits per heavy atom. The van der Waals surface area contributed by atoms with E-state index in [1.807, 2.05) is 30.0 Å². The van der Waals surface area contributed by atoms with Crippen LogP contribution in [0.5, 0.6) is 5.75 Å². The Hall–Kier alpha value is -2.08. The first-order valence-electron chi connectivity index (χ1n) is 8.59. The fraction of sp³-hybridized carbons (Fsp3) is 0.579. The van der Waals surface area contributed by atoms with Crippen molar-refractivity contribution in [1.29, 1.82) is 0 Å². The fourth-order valence-electron chi connectivity index (χ4n) is 3.67. The van der Waals surface area contributed by atoms with Crippen LogP contribution in [0.2, 0.25) is 0 Å². The summed E-state index contributed by atoms with van der Waals surface area (Å²) in [5.74, 6) is 0.633. The number of carbonyl (C=O) groups is 2. The minimum atomic E-state index is -0.566. The summed E-state index contributed by atoms with van der Waals surface area (Å²) in [5.41, 5.74) is 1.38. The van der Waals surface area contributed by atoms with Crippen molar-refractivity contribution in [2.75, 3.05) is 34.4 Å². The molecule has 138 valence electrons. The Labute approximate surface area is 149 Å². The van der Waals surface area contributed by atoms with Crippen LogP contribution in [0, 0.1) is 6.92 Å². The highest BCUT2D eigenvalue weighted by atomic mass is 16.5. The number of hydrogen-bond acceptors (Lipinski definition) is 4. The highest BCUT2D eigenvalue weighted by Gasteiger charge is 2.45. The van der Waals surface area contributed by atoms with Gasteiger partial charge in [0.1, 0.15) is 5.75 Å². The van der Waals surface area contributed by atoms with Crippen LogP contribution in [0.25, 0.3) is 0 Å². The average Bonchev–Trinajstić information content (AvgIpc) is 2.98. The average molecular weight is 348 g/mol. The number of ether oxygens (including phenoxy) is 2. The van der Waals surface area contributed by atoms with E-state index in [1.165, 1.54) is 0 Å². The molecule has 1 aliphatic heterocycles. The highest BCUT2D eigenvalue weighted by Crippen LogP contribution is 2.34. The monoisotopic (exact) mass is 348 g/mol. The number of methoxy groups -OCH3 is 2. The molecule has 0 aliphatic carbocycles. The van der Waals surface area contributed by atoms with Gasteiger partial charge < -0.3 is 19.7 Å². The molecule has 1 saturated heterocycles. The zero-order valence-corrected chi connectivity index (χ0v) is 15.6. The topological polar surface area (TPSA) is 67.9 Å². The van der Waals surface area contributed by atoms with Gasteiger partial charge in [0.05, 0.1) is 32.1 Å². The molecule has 2 amide bonds. The maximum Gasteiger partial charge on any atom is 0.227 e. The molecule has 1 unspecified atom stereocenters. The number of benzene rings is 1. The number of aryl methyl sites for hydroxylation is 1. The minimum absolute atomic E-state index is 0.00218. The van der Waals surface area contributed by atoms with Crippen LogP contribution in [0.3, 0.4) is 0 Å². The van der Waals surface area contributed by atoms with Gasteiger partial charge in [0.15, 0.2) is 0 Å². The largest absolute Gasteiger partial charge is 0.496 e. The Morgan fingerprint density at radius 2 is 2.08 bits per heavy atom. The van der Waals surface area contributed by atoms with Crippen molar-refractivity contribution in [2.45, 2.75) is 38.1 Å². The molecule has 2 rings (SSSR count). The molecule has 1 heterocycles. The number of nitrogens with one attached hydrogen (secondary N) is 1. The van der Waals surface area contributed by atoms with E-state index in [4.69, 9.17) is 9.47 Å². The molecule has 0 saturated carbocycles. The molecule has 1 aliphatic rings. The smallest absolute Gasteiger partial charge is 0.227 e. The lowest BCUT2D eigenvalue weighted by Gasteiger charge is -2.37. The molecule has 25 heavy (non-hydrogen) atoms. The molecule has 1 fully saturated rings. The molecule has 1 atom stereocenters. The fourth-order valence-corrected chi connectivity index (χ4v) is 3.67. The number of hydrogen-bond donors (Lipinski definition) is 1. The van der Waals surface area contributed by atoms with Crippen molar-refractivity contribution in [2.24, 2.45) is 0 Å². The van der Waals surface area contributed by atoms with Gasteiger partial charge in [-0.15, -0.1) is 0 Å². The second-order valence-corrected chi connectivity index (χ2v) is 6.65. The van der Waals surface area contributed by atoms with Crippen LogP contribution in [-0.2, 0) is 20.7 Å². The van der Waals surface area contributed by atoms with Crippen LogP contribution in [0.1, 0.15) is 30.4 Å². The second-order valence-electron chi connectivity index (χ2n) is 6.65. The minimum Gasteiger partial charge on any atom is -0.496 e. The molecular weight excluding hydrogens is 320 g/mol. The molecule has 0 aromatic heterocycles. The van der Waals surface area contributed by atoms with Crippen LogP contribution < -0.4 is 10.1 Å². The van der Waals surface area contributed by atoms with Gasteiger partial charge in [0.2, 0.25) is 11.8 Å².